The van der Waals surface area contributed by atoms with E-state index >= 15 is 0 Å². The summed E-state index contributed by atoms with van der Waals surface area (Å²) in [6, 6.07) is 0. The predicted molar refractivity (Wildman–Crippen MR) is 79.9 cm³/mol. The topological polar surface area (TPSA) is 96.3 Å². The molecule has 1 saturated heterocycles. The van der Waals surface area contributed by atoms with Crippen molar-refractivity contribution in [3.05, 3.63) is 10.4 Å². The van der Waals surface area contributed by atoms with Gasteiger partial charge in [0.15, 0.2) is 0 Å². The number of alkyl carbamates (subject to hydrolysis) is 1. The van der Waals surface area contributed by atoms with Crippen molar-refractivity contribution in [2.45, 2.75) is 45.6 Å². The largest absolute Gasteiger partial charge is 0.449 e. The van der Waals surface area contributed by atoms with Crippen LogP contribution in [0.15, 0.2) is 5.11 Å². The Morgan fingerprint density at radius 2 is 2.33 bits per heavy atom. The zero-order chi connectivity index (χ0) is 15.7. The summed E-state index contributed by atoms with van der Waals surface area (Å²) in [7, 11) is 0. The molecule has 7 nitrogen and oxygen atoms in total. The Morgan fingerprint density at radius 3 is 2.90 bits per heavy atom. The second-order valence-electron chi connectivity index (χ2n) is 6.57. The van der Waals surface area contributed by atoms with Crippen LogP contribution in [-0.2, 0) is 9.47 Å². The first-order chi connectivity index (χ1) is 9.90. The first-order valence-electron chi connectivity index (χ1n) is 7.44. The lowest BCUT2D eigenvalue weighted by molar-refractivity contribution is 0.0387. The highest BCUT2D eigenvalue weighted by molar-refractivity contribution is 5.68. The maximum Gasteiger partial charge on any atom is 0.407 e. The minimum absolute atomic E-state index is 0.0401. The second-order valence-corrected chi connectivity index (χ2v) is 6.57. The smallest absolute Gasteiger partial charge is 0.407 e. The molecule has 1 aliphatic heterocycles. The van der Waals surface area contributed by atoms with Crippen LogP contribution in [0.3, 0.4) is 0 Å². The Hall–Kier alpha value is -1.46. The van der Waals surface area contributed by atoms with Crippen LogP contribution < -0.4 is 5.32 Å². The van der Waals surface area contributed by atoms with Gasteiger partial charge in [-0.15, -0.1) is 0 Å². The zero-order valence-corrected chi connectivity index (χ0v) is 13.2. The molecule has 0 bridgehead atoms. The fourth-order valence-corrected chi connectivity index (χ4v) is 2.35. The summed E-state index contributed by atoms with van der Waals surface area (Å²) < 4.78 is 10.7. The summed E-state index contributed by atoms with van der Waals surface area (Å²) in [4.78, 5) is 14.5. The van der Waals surface area contributed by atoms with Crippen molar-refractivity contribution >= 4 is 6.09 Å². The SMILES string of the molecule is CC(C)(C)NC(=O)OC[C@H](CN=[N+]=[N-])C[C@@H]1CCCOC1. The van der Waals surface area contributed by atoms with Crippen LogP contribution in [0.1, 0.15) is 40.0 Å². The highest BCUT2D eigenvalue weighted by Crippen LogP contribution is 2.22. The number of azide groups is 1. The highest BCUT2D eigenvalue weighted by atomic mass is 16.5. The molecule has 0 aliphatic carbocycles. The van der Waals surface area contributed by atoms with E-state index in [9.17, 15) is 4.79 Å². The van der Waals surface area contributed by atoms with E-state index in [4.69, 9.17) is 15.0 Å². The van der Waals surface area contributed by atoms with Gasteiger partial charge in [-0.2, -0.15) is 0 Å². The predicted octanol–water partition coefficient (Wildman–Crippen LogP) is 3.25. The molecule has 1 rings (SSSR count). The Balaban J connectivity index is 2.41. The Morgan fingerprint density at radius 1 is 1.57 bits per heavy atom. The molecule has 0 aromatic carbocycles. The molecular formula is C14H26N4O3. The lowest BCUT2D eigenvalue weighted by Crippen LogP contribution is -2.41. The van der Waals surface area contributed by atoms with E-state index in [1.807, 2.05) is 20.8 Å². The Kier molecular flexibility index (Phi) is 7.32. The number of hydrogen-bond acceptors (Lipinski definition) is 4. The lowest BCUT2D eigenvalue weighted by atomic mass is 9.91. The molecule has 0 aromatic rings. The molecule has 1 heterocycles. The van der Waals surface area contributed by atoms with Crippen molar-refractivity contribution in [3.8, 4) is 0 Å². The number of hydrogen-bond donors (Lipinski definition) is 1. The zero-order valence-electron chi connectivity index (χ0n) is 13.2. The summed E-state index contributed by atoms with van der Waals surface area (Å²) in [6.45, 7) is 7.84. The number of nitrogens with zero attached hydrogens (tertiary/aromatic N) is 3. The minimum atomic E-state index is -0.437. The van der Waals surface area contributed by atoms with Gasteiger partial charge in [-0.3, -0.25) is 0 Å². The molecule has 0 radical (unpaired) electrons. The van der Waals surface area contributed by atoms with E-state index in [-0.39, 0.29) is 18.1 Å². The molecule has 1 fully saturated rings. The van der Waals surface area contributed by atoms with Gasteiger partial charge in [0, 0.05) is 30.2 Å². The van der Waals surface area contributed by atoms with Gasteiger partial charge in [-0.1, -0.05) is 5.11 Å². The molecule has 1 aliphatic rings. The van der Waals surface area contributed by atoms with Crippen molar-refractivity contribution < 1.29 is 14.3 Å². The fourth-order valence-electron chi connectivity index (χ4n) is 2.35. The molecule has 120 valence electrons. The third-order valence-corrected chi connectivity index (χ3v) is 3.25. The van der Waals surface area contributed by atoms with Gasteiger partial charge in [0.05, 0.1) is 6.61 Å². The van der Waals surface area contributed by atoms with Crippen LogP contribution in [0.25, 0.3) is 10.4 Å². The van der Waals surface area contributed by atoms with Crippen LogP contribution >= 0.6 is 0 Å². The molecule has 0 saturated carbocycles. The molecule has 2 atom stereocenters. The van der Waals surface area contributed by atoms with E-state index < -0.39 is 6.09 Å². The lowest BCUT2D eigenvalue weighted by Gasteiger charge is -2.26. The Labute approximate surface area is 126 Å². The molecule has 0 unspecified atom stereocenters. The summed E-state index contributed by atoms with van der Waals surface area (Å²) in [6.07, 6.45) is 2.58. The monoisotopic (exact) mass is 298 g/mol. The number of nitrogens with one attached hydrogen (secondary N) is 1. The number of amides is 1. The van der Waals surface area contributed by atoms with E-state index in [2.05, 4.69) is 15.3 Å². The molecule has 21 heavy (non-hydrogen) atoms. The van der Waals surface area contributed by atoms with E-state index in [1.165, 1.54) is 0 Å². The summed E-state index contributed by atoms with van der Waals surface area (Å²) in [5, 5.41) is 6.36. The van der Waals surface area contributed by atoms with E-state index in [1.54, 1.807) is 0 Å². The average molecular weight is 298 g/mol. The van der Waals surface area contributed by atoms with Crippen molar-refractivity contribution in [1.82, 2.24) is 5.32 Å². The third kappa shape index (κ3) is 8.42. The van der Waals surface area contributed by atoms with Gasteiger partial charge in [0.1, 0.15) is 0 Å². The second kappa shape index (κ2) is 8.74. The van der Waals surface area contributed by atoms with Crippen LogP contribution in [0, 0.1) is 11.8 Å². The highest BCUT2D eigenvalue weighted by Gasteiger charge is 2.21. The van der Waals surface area contributed by atoms with Crippen molar-refractivity contribution in [2.75, 3.05) is 26.4 Å². The number of rotatable bonds is 6. The minimum Gasteiger partial charge on any atom is -0.449 e. The van der Waals surface area contributed by atoms with Crippen LogP contribution in [0.5, 0.6) is 0 Å². The van der Waals surface area contributed by atoms with Gasteiger partial charge in [-0.05, 0) is 57.4 Å². The summed E-state index contributed by atoms with van der Waals surface area (Å²) >= 11 is 0. The molecule has 1 N–H and O–H groups in total. The molecular weight excluding hydrogens is 272 g/mol. The fraction of sp³-hybridized carbons (Fsp3) is 0.929. The van der Waals surface area contributed by atoms with E-state index in [0.29, 0.717) is 12.5 Å². The first-order valence-corrected chi connectivity index (χ1v) is 7.44. The summed E-state index contributed by atoms with van der Waals surface area (Å²) in [5.74, 6) is 0.491. The van der Waals surface area contributed by atoms with Crippen molar-refractivity contribution in [1.29, 1.82) is 0 Å². The average Bonchev–Trinajstić information content (AvgIpc) is 2.41. The number of carbonyl (C=O) groups excluding carboxylic acids is 1. The van der Waals surface area contributed by atoms with Gasteiger partial charge in [0.2, 0.25) is 0 Å². The standard InChI is InChI=1S/C14H26N4O3/c1-14(2,3)17-13(19)21-10-12(8-16-18-15)7-11-5-4-6-20-9-11/h11-12H,4-10H2,1-3H3,(H,17,19)/t11-,12-/m0/s1. The maximum absolute atomic E-state index is 11.7. The van der Waals surface area contributed by atoms with Gasteiger partial charge in [0.25, 0.3) is 0 Å². The number of carbonyl (C=O) groups is 1. The quantitative estimate of drug-likeness (QED) is 0.463. The number of ether oxygens (including phenoxy) is 2. The summed E-state index contributed by atoms with van der Waals surface area (Å²) in [5.41, 5.74) is 8.14. The maximum atomic E-state index is 11.7. The van der Waals surface area contributed by atoms with Gasteiger partial charge < -0.3 is 14.8 Å². The van der Waals surface area contributed by atoms with Crippen molar-refractivity contribution in [3.63, 3.8) is 0 Å². The third-order valence-electron chi connectivity index (χ3n) is 3.25. The Bertz CT molecular complexity index is 369. The molecule has 0 aromatic heterocycles. The van der Waals surface area contributed by atoms with E-state index in [0.717, 1.165) is 32.5 Å². The van der Waals surface area contributed by atoms with Gasteiger partial charge in [-0.25, -0.2) is 4.79 Å². The molecule has 7 heteroatoms. The molecule has 0 spiro atoms. The normalized spacial score (nSPS) is 20.2. The van der Waals surface area contributed by atoms with Crippen LogP contribution in [0.4, 0.5) is 4.79 Å². The van der Waals surface area contributed by atoms with Crippen LogP contribution in [-0.4, -0.2) is 38.0 Å². The molecule has 1 amide bonds. The van der Waals surface area contributed by atoms with Gasteiger partial charge >= 0.3 is 6.09 Å². The van der Waals surface area contributed by atoms with Crippen LogP contribution in [0.2, 0.25) is 0 Å². The van der Waals surface area contributed by atoms with Crippen molar-refractivity contribution in [2.24, 2.45) is 17.0 Å². The first kappa shape index (κ1) is 17.6.